The van der Waals surface area contributed by atoms with E-state index in [9.17, 15) is 15.0 Å². The number of fused-ring (bicyclic) bond motifs is 1. The molecule has 3 rings (SSSR count). The maximum atomic E-state index is 10.8. The van der Waals surface area contributed by atoms with E-state index in [4.69, 9.17) is 9.84 Å². The molecular formula is C23H32O5. The van der Waals surface area contributed by atoms with Gasteiger partial charge in [0.2, 0.25) is 0 Å². The highest BCUT2D eigenvalue weighted by Crippen LogP contribution is 2.55. The molecule has 3 aliphatic carbocycles. The van der Waals surface area contributed by atoms with Crippen LogP contribution in [0, 0.1) is 11.3 Å². The second kappa shape index (κ2) is 8.36. The number of hydrogen-bond acceptors (Lipinski definition) is 4. The number of aliphatic hydroxyl groups is 2. The van der Waals surface area contributed by atoms with E-state index in [1.807, 2.05) is 13.0 Å². The lowest BCUT2D eigenvalue weighted by molar-refractivity contribution is -0.143. The Labute approximate surface area is 167 Å². The monoisotopic (exact) mass is 388 g/mol. The van der Waals surface area contributed by atoms with Crippen LogP contribution in [0.2, 0.25) is 0 Å². The molecule has 154 valence electrons. The van der Waals surface area contributed by atoms with Crippen molar-refractivity contribution in [1.82, 2.24) is 0 Å². The van der Waals surface area contributed by atoms with Crippen molar-refractivity contribution in [2.75, 3.05) is 6.61 Å². The average molecular weight is 389 g/mol. The number of rotatable bonds is 5. The number of ether oxygens (including phenoxy) is 1. The fourth-order valence-electron chi connectivity index (χ4n) is 5.23. The summed E-state index contributed by atoms with van der Waals surface area (Å²) in [5, 5.41) is 28.9. The van der Waals surface area contributed by atoms with Crippen LogP contribution in [0.3, 0.4) is 0 Å². The van der Waals surface area contributed by atoms with Crippen molar-refractivity contribution in [3.63, 3.8) is 0 Å². The van der Waals surface area contributed by atoms with Gasteiger partial charge >= 0.3 is 5.97 Å². The van der Waals surface area contributed by atoms with Gasteiger partial charge in [-0.1, -0.05) is 37.3 Å². The summed E-state index contributed by atoms with van der Waals surface area (Å²) in [4.78, 5) is 10.8. The van der Waals surface area contributed by atoms with Crippen LogP contribution in [0.15, 0.2) is 47.1 Å². The van der Waals surface area contributed by atoms with Gasteiger partial charge in [-0.05, 0) is 67.1 Å². The number of allylic oxidation sites excluding steroid dienone is 4. The summed E-state index contributed by atoms with van der Waals surface area (Å²) in [7, 11) is 0. The summed E-state index contributed by atoms with van der Waals surface area (Å²) < 4.78 is 5.56. The predicted molar refractivity (Wildman–Crippen MR) is 108 cm³/mol. The molecular weight excluding hydrogens is 356 g/mol. The third-order valence-corrected chi connectivity index (χ3v) is 6.77. The molecule has 0 aromatic heterocycles. The second-order valence-electron chi connectivity index (χ2n) is 8.63. The molecule has 3 aliphatic rings. The molecule has 0 amide bonds. The van der Waals surface area contributed by atoms with Crippen LogP contribution in [0.4, 0.5) is 0 Å². The average Bonchev–Trinajstić information content (AvgIpc) is 2.99. The van der Waals surface area contributed by atoms with Gasteiger partial charge in [0.15, 0.2) is 0 Å². The van der Waals surface area contributed by atoms with Gasteiger partial charge in [-0.25, -0.2) is 4.79 Å². The number of aliphatic hydroxyl groups excluding tert-OH is 2. The SMILES string of the molecule is C=C1/C(=C\C=C2/CCC[C@]3(C)C([C@H](C)OCC(=O)O)=CCC23)C[C@@H](O)C[C@@H]1O. The molecule has 2 saturated carbocycles. The quantitative estimate of drug-likeness (QED) is 0.627. The smallest absolute Gasteiger partial charge is 0.329 e. The highest BCUT2D eigenvalue weighted by molar-refractivity contribution is 5.68. The molecule has 0 heterocycles. The minimum atomic E-state index is -0.944. The zero-order chi connectivity index (χ0) is 20.5. The van der Waals surface area contributed by atoms with Gasteiger partial charge in [-0.2, -0.15) is 0 Å². The molecule has 3 N–H and O–H groups in total. The van der Waals surface area contributed by atoms with Gasteiger partial charge in [0, 0.05) is 6.42 Å². The molecule has 0 aliphatic heterocycles. The first-order chi connectivity index (χ1) is 13.2. The maximum absolute atomic E-state index is 10.8. The van der Waals surface area contributed by atoms with E-state index in [2.05, 4.69) is 25.7 Å². The van der Waals surface area contributed by atoms with Gasteiger partial charge in [0.05, 0.1) is 18.3 Å². The molecule has 0 aromatic rings. The molecule has 28 heavy (non-hydrogen) atoms. The molecule has 0 bridgehead atoms. The molecule has 5 atom stereocenters. The minimum Gasteiger partial charge on any atom is -0.480 e. The van der Waals surface area contributed by atoms with Gasteiger partial charge in [-0.15, -0.1) is 0 Å². The minimum absolute atomic E-state index is 0.0108. The van der Waals surface area contributed by atoms with Crippen LogP contribution < -0.4 is 0 Å². The summed E-state index contributed by atoms with van der Waals surface area (Å²) in [6.07, 6.45) is 10.0. The first kappa shape index (κ1) is 21.0. The lowest BCUT2D eigenvalue weighted by Gasteiger charge is -2.42. The molecule has 0 spiro atoms. The zero-order valence-electron chi connectivity index (χ0n) is 16.9. The summed E-state index contributed by atoms with van der Waals surface area (Å²) in [6.45, 7) is 7.92. The number of carboxylic acid groups (broad SMARTS) is 1. The topological polar surface area (TPSA) is 87.0 Å². The second-order valence-corrected chi connectivity index (χ2v) is 8.63. The first-order valence-corrected chi connectivity index (χ1v) is 10.2. The third kappa shape index (κ3) is 4.17. The van der Waals surface area contributed by atoms with Gasteiger partial charge in [0.25, 0.3) is 0 Å². The zero-order valence-corrected chi connectivity index (χ0v) is 16.9. The van der Waals surface area contributed by atoms with E-state index in [0.29, 0.717) is 24.3 Å². The van der Waals surface area contributed by atoms with Crippen molar-refractivity contribution in [3.8, 4) is 0 Å². The molecule has 1 unspecified atom stereocenters. The first-order valence-electron chi connectivity index (χ1n) is 10.2. The third-order valence-electron chi connectivity index (χ3n) is 6.77. The van der Waals surface area contributed by atoms with Gasteiger partial charge in [0.1, 0.15) is 6.61 Å². The van der Waals surface area contributed by atoms with Crippen LogP contribution in [0.5, 0.6) is 0 Å². The van der Waals surface area contributed by atoms with E-state index >= 15 is 0 Å². The number of carboxylic acids is 1. The Morgan fingerprint density at radius 3 is 2.89 bits per heavy atom. The molecule has 5 nitrogen and oxygen atoms in total. The lowest BCUT2D eigenvalue weighted by Crippen LogP contribution is -2.35. The normalized spacial score (nSPS) is 37.1. The standard InChI is InChI=1S/C23H32O5/c1-14-17(11-18(24)12-21(14)25)7-6-16-5-4-10-23(3)19(8-9-20(16)23)15(2)28-13-22(26)27/h6-8,15,18,20-21,24-25H,1,4-5,9-13H2,2-3H3,(H,26,27)/b16-6+,17-7-/t15-,18+,20?,21-,23+/m0/s1. The Kier molecular flexibility index (Phi) is 6.28. The van der Waals surface area contributed by atoms with Crippen molar-refractivity contribution in [1.29, 1.82) is 0 Å². The van der Waals surface area contributed by atoms with E-state index < -0.39 is 18.2 Å². The largest absolute Gasteiger partial charge is 0.480 e. The maximum Gasteiger partial charge on any atom is 0.329 e. The van der Waals surface area contributed by atoms with Gasteiger partial charge in [-0.3, -0.25) is 0 Å². The number of carbonyl (C=O) groups is 1. The van der Waals surface area contributed by atoms with Crippen molar-refractivity contribution < 1.29 is 24.9 Å². The van der Waals surface area contributed by atoms with Crippen molar-refractivity contribution >= 4 is 5.97 Å². The van der Waals surface area contributed by atoms with Crippen LogP contribution in [-0.4, -0.2) is 46.2 Å². The Hall–Kier alpha value is -1.69. The molecule has 5 heteroatoms. The summed E-state index contributed by atoms with van der Waals surface area (Å²) in [6, 6.07) is 0. The Bertz CT molecular complexity index is 731. The van der Waals surface area contributed by atoms with E-state index in [1.54, 1.807) is 0 Å². The van der Waals surface area contributed by atoms with E-state index in [0.717, 1.165) is 31.3 Å². The summed E-state index contributed by atoms with van der Waals surface area (Å²) in [5.41, 5.74) is 4.21. The highest BCUT2D eigenvalue weighted by atomic mass is 16.5. The van der Waals surface area contributed by atoms with Crippen LogP contribution in [0.25, 0.3) is 0 Å². The van der Waals surface area contributed by atoms with Crippen molar-refractivity contribution in [2.24, 2.45) is 11.3 Å². The highest BCUT2D eigenvalue weighted by Gasteiger charge is 2.46. The molecule has 0 saturated heterocycles. The van der Waals surface area contributed by atoms with Crippen LogP contribution in [-0.2, 0) is 9.53 Å². The fourth-order valence-corrected chi connectivity index (χ4v) is 5.23. The van der Waals surface area contributed by atoms with E-state index in [-0.39, 0.29) is 18.1 Å². The Morgan fingerprint density at radius 1 is 1.43 bits per heavy atom. The number of aliphatic carboxylic acids is 1. The Morgan fingerprint density at radius 2 is 2.18 bits per heavy atom. The van der Waals surface area contributed by atoms with E-state index in [1.165, 1.54) is 11.1 Å². The van der Waals surface area contributed by atoms with Gasteiger partial charge < -0.3 is 20.1 Å². The Balaban J connectivity index is 1.77. The lowest BCUT2D eigenvalue weighted by atomic mass is 9.63. The molecule has 0 radical (unpaired) electrons. The van der Waals surface area contributed by atoms with Crippen LogP contribution in [0.1, 0.15) is 52.4 Å². The van der Waals surface area contributed by atoms with Crippen molar-refractivity contribution in [3.05, 3.63) is 47.1 Å². The van der Waals surface area contributed by atoms with Crippen molar-refractivity contribution in [2.45, 2.75) is 70.7 Å². The fraction of sp³-hybridized carbons (Fsp3) is 0.609. The van der Waals surface area contributed by atoms with Crippen LogP contribution >= 0.6 is 0 Å². The summed E-state index contributed by atoms with van der Waals surface area (Å²) >= 11 is 0. The number of hydrogen-bond donors (Lipinski definition) is 3. The molecule has 2 fully saturated rings. The summed E-state index contributed by atoms with van der Waals surface area (Å²) in [5.74, 6) is -0.559. The molecule has 0 aromatic carbocycles. The predicted octanol–water partition coefficient (Wildman–Crippen LogP) is 3.54.